The molecule has 1 unspecified atom stereocenters. The number of hydrogen-bond acceptors (Lipinski definition) is 4. The molecule has 5 nitrogen and oxygen atoms in total. The first kappa shape index (κ1) is 21.5. The van der Waals surface area contributed by atoms with Crippen LogP contribution in [0.15, 0.2) is 18.2 Å². The van der Waals surface area contributed by atoms with Crippen molar-refractivity contribution in [2.75, 3.05) is 20.1 Å². The Morgan fingerprint density at radius 1 is 1.17 bits per heavy atom. The Hall–Kier alpha value is -1.72. The molecule has 2 aromatic rings. The fraction of sp³-hybridized carbons (Fsp3) is 0.625. The third-order valence-corrected chi connectivity index (χ3v) is 7.05. The Kier molecular flexibility index (Phi) is 6.89. The molecule has 0 N–H and O–H groups in total. The van der Waals surface area contributed by atoms with Crippen LogP contribution in [-0.4, -0.2) is 45.6 Å². The summed E-state index contributed by atoms with van der Waals surface area (Å²) in [7, 11) is 2.22. The molecule has 1 aromatic carbocycles. The van der Waals surface area contributed by atoms with Crippen LogP contribution in [0, 0.1) is 12.8 Å². The third kappa shape index (κ3) is 5.30. The first-order chi connectivity index (χ1) is 14.5. The van der Waals surface area contributed by atoms with E-state index in [4.69, 9.17) is 11.6 Å². The lowest BCUT2D eigenvalue weighted by molar-refractivity contribution is -0.118. The molecule has 2 aliphatic rings. The van der Waals surface area contributed by atoms with Crippen molar-refractivity contribution in [2.24, 2.45) is 5.92 Å². The number of benzene rings is 1. The zero-order valence-electron chi connectivity index (χ0n) is 18.2. The minimum Gasteiger partial charge on any atom is -0.312 e. The fourth-order valence-corrected chi connectivity index (χ4v) is 4.89. The first-order valence-electron chi connectivity index (χ1n) is 11.4. The monoisotopic (exact) mass is 428 g/mol. The molecule has 1 aliphatic heterocycles. The lowest BCUT2D eigenvalue weighted by Gasteiger charge is -2.29. The predicted molar refractivity (Wildman–Crippen MR) is 120 cm³/mol. The van der Waals surface area contributed by atoms with Crippen molar-refractivity contribution in [3.05, 3.63) is 46.0 Å². The Bertz CT molecular complexity index is 889. The summed E-state index contributed by atoms with van der Waals surface area (Å²) >= 11 is 6.19. The van der Waals surface area contributed by atoms with Gasteiger partial charge in [0.15, 0.2) is 0 Å². The standard InChI is InChI=1S/C24H33ClN4O/c1-17-19(6-3-7-22(17)25)15-21(30)11-13-24-27-26-23(29(24)20-9-10-20)12-8-18-5-4-14-28(2)16-18/h3,6-7,18,20H,4-5,8-16H2,1-2H3. The molecule has 0 bridgehead atoms. The van der Waals surface area contributed by atoms with Crippen LogP contribution in [0.4, 0.5) is 0 Å². The summed E-state index contributed by atoms with van der Waals surface area (Å²) in [4.78, 5) is 15.1. The van der Waals surface area contributed by atoms with Crippen LogP contribution < -0.4 is 0 Å². The number of piperidine rings is 1. The van der Waals surface area contributed by atoms with E-state index in [2.05, 4.69) is 26.7 Å². The quantitative estimate of drug-likeness (QED) is 0.586. The van der Waals surface area contributed by atoms with Gasteiger partial charge in [0, 0.05) is 43.3 Å². The van der Waals surface area contributed by atoms with E-state index >= 15 is 0 Å². The Morgan fingerprint density at radius 2 is 1.93 bits per heavy atom. The van der Waals surface area contributed by atoms with Crippen molar-refractivity contribution in [1.82, 2.24) is 19.7 Å². The minimum atomic E-state index is 0.234. The number of nitrogens with zero attached hydrogens (tertiary/aromatic N) is 4. The summed E-state index contributed by atoms with van der Waals surface area (Å²) in [6, 6.07) is 6.32. The van der Waals surface area contributed by atoms with Crippen LogP contribution in [0.25, 0.3) is 0 Å². The Morgan fingerprint density at radius 3 is 2.67 bits per heavy atom. The summed E-state index contributed by atoms with van der Waals surface area (Å²) in [5, 5.41) is 9.76. The summed E-state index contributed by atoms with van der Waals surface area (Å²) in [5.74, 6) is 3.11. The lowest BCUT2D eigenvalue weighted by Crippen LogP contribution is -2.32. The molecule has 2 heterocycles. The zero-order chi connectivity index (χ0) is 21.1. The molecule has 1 atom stereocenters. The topological polar surface area (TPSA) is 51.0 Å². The molecule has 4 rings (SSSR count). The molecule has 1 aromatic heterocycles. The van der Waals surface area contributed by atoms with Gasteiger partial charge in [0.2, 0.25) is 0 Å². The second-order valence-electron chi connectivity index (χ2n) is 9.18. The van der Waals surface area contributed by atoms with Crippen molar-refractivity contribution in [2.45, 2.75) is 70.8 Å². The van der Waals surface area contributed by atoms with E-state index in [9.17, 15) is 4.79 Å². The first-order valence-corrected chi connectivity index (χ1v) is 11.8. The highest BCUT2D eigenvalue weighted by Gasteiger charge is 2.30. The zero-order valence-corrected chi connectivity index (χ0v) is 19.0. The second kappa shape index (κ2) is 9.61. The van der Waals surface area contributed by atoms with E-state index in [0.717, 1.165) is 40.1 Å². The summed E-state index contributed by atoms with van der Waals surface area (Å²) in [6.45, 7) is 4.40. The maximum absolute atomic E-state index is 12.6. The lowest BCUT2D eigenvalue weighted by atomic mass is 9.93. The van der Waals surface area contributed by atoms with Gasteiger partial charge in [0.1, 0.15) is 17.4 Å². The molecule has 6 heteroatoms. The third-order valence-electron chi connectivity index (χ3n) is 6.64. The van der Waals surface area contributed by atoms with Crippen LogP contribution in [0.5, 0.6) is 0 Å². The highest BCUT2D eigenvalue weighted by molar-refractivity contribution is 6.31. The number of hydrogen-bond donors (Lipinski definition) is 0. The van der Waals surface area contributed by atoms with Gasteiger partial charge >= 0.3 is 0 Å². The maximum Gasteiger partial charge on any atom is 0.137 e. The van der Waals surface area contributed by atoms with E-state index in [1.165, 1.54) is 45.2 Å². The number of likely N-dealkylation sites (tertiary alicyclic amines) is 1. The predicted octanol–water partition coefficient (Wildman–Crippen LogP) is 4.59. The number of rotatable bonds is 9. The number of carbonyl (C=O) groups excluding carboxylic acids is 1. The van der Waals surface area contributed by atoms with E-state index < -0.39 is 0 Å². The van der Waals surface area contributed by atoms with Gasteiger partial charge in [-0.2, -0.15) is 0 Å². The average molecular weight is 429 g/mol. The molecule has 0 amide bonds. The van der Waals surface area contributed by atoms with Crippen molar-refractivity contribution >= 4 is 17.4 Å². The van der Waals surface area contributed by atoms with Gasteiger partial charge < -0.3 is 9.47 Å². The van der Waals surface area contributed by atoms with Gasteiger partial charge in [-0.25, -0.2) is 0 Å². The SMILES string of the molecule is Cc1c(Cl)cccc1CC(=O)CCc1nnc(CCC2CCCN(C)C2)n1C1CC1. The Balaban J connectivity index is 1.35. The summed E-state index contributed by atoms with van der Waals surface area (Å²) < 4.78 is 2.35. The normalized spacial score (nSPS) is 19.9. The number of ketones is 1. The van der Waals surface area contributed by atoms with Crippen LogP contribution in [-0.2, 0) is 24.1 Å². The molecular weight excluding hydrogens is 396 g/mol. The maximum atomic E-state index is 12.6. The number of Topliss-reactive ketones (excluding diaryl/α,β-unsaturated/α-hetero) is 1. The smallest absolute Gasteiger partial charge is 0.137 e. The highest BCUT2D eigenvalue weighted by Crippen LogP contribution is 2.37. The molecule has 1 saturated heterocycles. The molecule has 1 saturated carbocycles. The van der Waals surface area contributed by atoms with Crippen molar-refractivity contribution in [3.8, 4) is 0 Å². The van der Waals surface area contributed by atoms with Crippen molar-refractivity contribution in [3.63, 3.8) is 0 Å². The van der Waals surface area contributed by atoms with E-state index in [1.807, 2.05) is 25.1 Å². The van der Waals surface area contributed by atoms with Gasteiger partial charge in [-0.1, -0.05) is 23.7 Å². The van der Waals surface area contributed by atoms with Gasteiger partial charge in [-0.05, 0) is 75.7 Å². The van der Waals surface area contributed by atoms with Crippen LogP contribution in [0.1, 0.15) is 67.3 Å². The van der Waals surface area contributed by atoms with Crippen LogP contribution >= 0.6 is 11.6 Å². The van der Waals surface area contributed by atoms with Crippen molar-refractivity contribution < 1.29 is 4.79 Å². The van der Waals surface area contributed by atoms with Gasteiger partial charge in [0.25, 0.3) is 0 Å². The highest BCUT2D eigenvalue weighted by atomic mass is 35.5. The van der Waals surface area contributed by atoms with Crippen LogP contribution in [0.2, 0.25) is 5.02 Å². The average Bonchev–Trinajstić information content (AvgIpc) is 3.48. The van der Waals surface area contributed by atoms with E-state index in [0.29, 0.717) is 25.3 Å². The van der Waals surface area contributed by atoms with Gasteiger partial charge in [-0.3, -0.25) is 4.79 Å². The summed E-state index contributed by atoms with van der Waals surface area (Å²) in [6.07, 6.45) is 8.84. The van der Waals surface area contributed by atoms with Gasteiger partial charge in [0.05, 0.1) is 0 Å². The molecule has 30 heavy (non-hydrogen) atoms. The van der Waals surface area contributed by atoms with E-state index in [1.54, 1.807) is 0 Å². The minimum absolute atomic E-state index is 0.234. The second-order valence-corrected chi connectivity index (χ2v) is 9.59. The molecule has 0 radical (unpaired) electrons. The Labute approximate surface area is 184 Å². The number of carbonyl (C=O) groups is 1. The molecule has 162 valence electrons. The number of aryl methyl sites for hydroxylation is 2. The molecular formula is C24H33ClN4O. The fourth-order valence-electron chi connectivity index (χ4n) is 4.69. The molecule has 1 aliphatic carbocycles. The van der Waals surface area contributed by atoms with Gasteiger partial charge in [-0.15, -0.1) is 10.2 Å². The summed E-state index contributed by atoms with van der Waals surface area (Å²) in [5.41, 5.74) is 2.03. The molecule has 0 spiro atoms. The largest absolute Gasteiger partial charge is 0.312 e. The van der Waals surface area contributed by atoms with Crippen LogP contribution in [0.3, 0.4) is 0 Å². The number of halogens is 1. The van der Waals surface area contributed by atoms with E-state index in [-0.39, 0.29) is 5.78 Å². The van der Waals surface area contributed by atoms with Crippen molar-refractivity contribution in [1.29, 1.82) is 0 Å². The number of aromatic nitrogens is 3. The molecule has 2 fully saturated rings.